The van der Waals surface area contributed by atoms with Crippen LogP contribution in [0.2, 0.25) is 0 Å². The first-order valence-corrected chi connectivity index (χ1v) is 11.9. The molecule has 174 valence electrons. The van der Waals surface area contributed by atoms with Crippen molar-refractivity contribution in [1.82, 2.24) is 14.5 Å². The maximum atomic E-state index is 13.7. The number of carbonyl (C=O) groups excluding carboxylic acids is 1. The number of aryl methyl sites for hydroxylation is 1. The van der Waals surface area contributed by atoms with Crippen LogP contribution in [0.25, 0.3) is 16.6 Å². The Balaban J connectivity index is 1.85. The average molecular weight is 454 g/mol. The lowest BCUT2D eigenvalue weighted by molar-refractivity contribution is -0.132. The number of nitrogens with zero attached hydrogens (tertiary/aromatic N) is 3. The van der Waals surface area contributed by atoms with Gasteiger partial charge in [0, 0.05) is 6.54 Å². The van der Waals surface area contributed by atoms with Crippen molar-refractivity contribution < 1.29 is 4.79 Å². The van der Waals surface area contributed by atoms with Crippen LogP contribution in [0.5, 0.6) is 0 Å². The van der Waals surface area contributed by atoms with Crippen LogP contribution in [0.15, 0.2) is 83.7 Å². The van der Waals surface area contributed by atoms with E-state index < -0.39 is 0 Å². The van der Waals surface area contributed by atoms with E-state index in [1.165, 1.54) is 0 Å². The minimum absolute atomic E-state index is 0.0332. The standard InChI is InChI=1S/C29H31N3O2/c1-4-5-19-31(27(33)20-23-14-7-6-8-15-23)22(3)28-30-25-17-11-10-16-24(25)29(34)32(28)26-18-12-9-13-21(26)2/h6-18,22H,4-5,19-20H2,1-3H3. The number of hydrogen-bond donors (Lipinski definition) is 0. The fourth-order valence-corrected chi connectivity index (χ4v) is 4.35. The summed E-state index contributed by atoms with van der Waals surface area (Å²) >= 11 is 0. The maximum absolute atomic E-state index is 13.7. The van der Waals surface area contributed by atoms with Crippen LogP contribution in [-0.4, -0.2) is 26.9 Å². The third-order valence-corrected chi connectivity index (χ3v) is 6.27. The van der Waals surface area contributed by atoms with E-state index in [4.69, 9.17) is 4.98 Å². The van der Waals surface area contributed by atoms with E-state index in [9.17, 15) is 9.59 Å². The minimum atomic E-state index is -0.375. The highest BCUT2D eigenvalue weighted by atomic mass is 16.2. The summed E-state index contributed by atoms with van der Waals surface area (Å²) in [5, 5.41) is 0.567. The van der Waals surface area contributed by atoms with Gasteiger partial charge in [0.25, 0.3) is 5.56 Å². The molecule has 0 N–H and O–H groups in total. The van der Waals surface area contributed by atoms with Crippen LogP contribution in [0.3, 0.4) is 0 Å². The quantitative estimate of drug-likeness (QED) is 0.348. The molecule has 0 saturated heterocycles. The van der Waals surface area contributed by atoms with Crippen molar-refractivity contribution in [3.8, 4) is 5.69 Å². The first kappa shape index (κ1) is 23.4. The molecule has 0 fully saturated rings. The third-order valence-electron chi connectivity index (χ3n) is 6.27. The molecule has 4 aromatic rings. The average Bonchev–Trinajstić information content (AvgIpc) is 2.85. The highest BCUT2D eigenvalue weighted by Crippen LogP contribution is 2.25. The Labute approximate surface area is 200 Å². The van der Waals surface area contributed by atoms with Crippen molar-refractivity contribution in [3.63, 3.8) is 0 Å². The van der Waals surface area contributed by atoms with Gasteiger partial charge in [0.05, 0.1) is 29.1 Å². The highest BCUT2D eigenvalue weighted by Gasteiger charge is 2.27. The van der Waals surface area contributed by atoms with Gasteiger partial charge in [-0.25, -0.2) is 4.98 Å². The summed E-state index contributed by atoms with van der Waals surface area (Å²) in [5.41, 5.74) is 3.27. The molecule has 3 aromatic carbocycles. The van der Waals surface area contributed by atoms with E-state index in [-0.39, 0.29) is 17.5 Å². The minimum Gasteiger partial charge on any atom is -0.332 e. The van der Waals surface area contributed by atoms with Crippen molar-refractivity contribution in [2.45, 2.75) is 46.1 Å². The number of carbonyl (C=O) groups is 1. The number of para-hydroxylation sites is 2. The summed E-state index contributed by atoms with van der Waals surface area (Å²) in [5.74, 6) is 0.612. The number of unbranched alkanes of at least 4 members (excludes halogenated alkanes) is 1. The van der Waals surface area contributed by atoms with E-state index in [1.807, 2.05) is 97.6 Å². The van der Waals surface area contributed by atoms with E-state index in [0.29, 0.717) is 29.7 Å². The number of fused-ring (bicyclic) bond motifs is 1. The number of benzene rings is 3. The van der Waals surface area contributed by atoms with E-state index in [0.717, 1.165) is 29.7 Å². The summed E-state index contributed by atoms with van der Waals surface area (Å²) in [7, 11) is 0. The normalized spacial score (nSPS) is 12.0. The number of hydrogen-bond acceptors (Lipinski definition) is 3. The van der Waals surface area contributed by atoms with Gasteiger partial charge in [-0.3, -0.25) is 14.2 Å². The van der Waals surface area contributed by atoms with Crippen LogP contribution >= 0.6 is 0 Å². The smallest absolute Gasteiger partial charge is 0.266 e. The van der Waals surface area contributed by atoms with E-state index in [2.05, 4.69) is 6.92 Å². The Morgan fingerprint density at radius 3 is 2.38 bits per heavy atom. The molecule has 5 nitrogen and oxygen atoms in total. The van der Waals surface area contributed by atoms with Crippen LogP contribution in [-0.2, 0) is 11.2 Å². The highest BCUT2D eigenvalue weighted by molar-refractivity contribution is 5.80. The van der Waals surface area contributed by atoms with Crippen LogP contribution in [0, 0.1) is 6.92 Å². The van der Waals surface area contributed by atoms with Crippen molar-refractivity contribution in [2.75, 3.05) is 6.54 Å². The number of amides is 1. The zero-order valence-corrected chi connectivity index (χ0v) is 20.1. The second-order valence-corrected chi connectivity index (χ2v) is 8.69. The molecule has 0 aliphatic rings. The number of aromatic nitrogens is 2. The Morgan fingerprint density at radius 2 is 1.65 bits per heavy atom. The summed E-state index contributed by atoms with van der Waals surface area (Å²) in [6, 6.07) is 24.6. The van der Waals surface area contributed by atoms with E-state index >= 15 is 0 Å². The largest absolute Gasteiger partial charge is 0.332 e. The maximum Gasteiger partial charge on any atom is 0.266 e. The van der Waals surface area contributed by atoms with Gasteiger partial charge in [0.15, 0.2) is 0 Å². The fourth-order valence-electron chi connectivity index (χ4n) is 4.35. The lowest BCUT2D eigenvalue weighted by atomic mass is 10.1. The second-order valence-electron chi connectivity index (χ2n) is 8.69. The van der Waals surface area contributed by atoms with Crippen molar-refractivity contribution in [2.24, 2.45) is 0 Å². The molecule has 34 heavy (non-hydrogen) atoms. The summed E-state index contributed by atoms with van der Waals surface area (Å²) in [6.07, 6.45) is 2.17. The summed E-state index contributed by atoms with van der Waals surface area (Å²) in [4.78, 5) is 34.0. The molecule has 0 saturated carbocycles. The monoisotopic (exact) mass is 453 g/mol. The zero-order valence-electron chi connectivity index (χ0n) is 20.1. The van der Waals surface area contributed by atoms with Gasteiger partial charge in [-0.05, 0) is 49.6 Å². The zero-order chi connectivity index (χ0) is 24.1. The Morgan fingerprint density at radius 1 is 0.971 bits per heavy atom. The Bertz CT molecular complexity index is 1340. The summed E-state index contributed by atoms with van der Waals surface area (Å²) in [6.45, 7) is 6.69. The lowest BCUT2D eigenvalue weighted by Crippen LogP contribution is -2.39. The molecule has 1 atom stereocenters. The molecule has 1 unspecified atom stereocenters. The van der Waals surface area contributed by atoms with Crippen LogP contribution in [0.1, 0.15) is 49.7 Å². The first-order chi connectivity index (χ1) is 16.5. The molecule has 0 spiro atoms. The van der Waals surface area contributed by atoms with Gasteiger partial charge in [-0.15, -0.1) is 0 Å². The Hall–Kier alpha value is -3.73. The predicted octanol–water partition coefficient (Wildman–Crippen LogP) is 5.63. The first-order valence-electron chi connectivity index (χ1n) is 11.9. The van der Waals surface area contributed by atoms with Gasteiger partial charge >= 0.3 is 0 Å². The van der Waals surface area contributed by atoms with Crippen molar-refractivity contribution in [1.29, 1.82) is 0 Å². The van der Waals surface area contributed by atoms with Gasteiger partial charge in [-0.2, -0.15) is 0 Å². The van der Waals surface area contributed by atoms with Crippen molar-refractivity contribution in [3.05, 3.63) is 106 Å². The van der Waals surface area contributed by atoms with Gasteiger partial charge < -0.3 is 4.90 Å². The molecule has 0 radical (unpaired) electrons. The molecular formula is C29H31N3O2. The van der Waals surface area contributed by atoms with Crippen LogP contribution in [0.4, 0.5) is 0 Å². The molecule has 0 bridgehead atoms. The number of rotatable bonds is 8. The van der Waals surface area contributed by atoms with Gasteiger partial charge in [0.2, 0.25) is 5.91 Å². The van der Waals surface area contributed by atoms with Crippen molar-refractivity contribution >= 4 is 16.8 Å². The topological polar surface area (TPSA) is 55.2 Å². The molecule has 0 aliphatic carbocycles. The lowest BCUT2D eigenvalue weighted by Gasteiger charge is -2.31. The predicted molar refractivity (Wildman–Crippen MR) is 137 cm³/mol. The molecule has 1 aromatic heterocycles. The second kappa shape index (κ2) is 10.5. The summed E-state index contributed by atoms with van der Waals surface area (Å²) < 4.78 is 1.69. The van der Waals surface area contributed by atoms with E-state index in [1.54, 1.807) is 4.57 Å². The SMILES string of the molecule is CCCCN(C(=O)Cc1ccccc1)C(C)c1nc2ccccc2c(=O)n1-c1ccccc1C. The Kier molecular flexibility index (Phi) is 7.21. The molecule has 5 heteroatoms. The molecule has 0 aliphatic heterocycles. The molecular weight excluding hydrogens is 422 g/mol. The third kappa shape index (κ3) is 4.79. The van der Waals surface area contributed by atoms with Gasteiger partial charge in [-0.1, -0.05) is 74.0 Å². The fraction of sp³-hybridized carbons (Fsp3) is 0.276. The molecule has 1 heterocycles. The van der Waals surface area contributed by atoms with Crippen LogP contribution < -0.4 is 5.56 Å². The molecule has 1 amide bonds. The molecule has 4 rings (SSSR count). The van der Waals surface area contributed by atoms with Gasteiger partial charge in [0.1, 0.15) is 5.82 Å².